The Morgan fingerprint density at radius 1 is 0.913 bits per heavy atom. The number of carbonyl (C=O) groups is 1. The van der Waals surface area contributed by atoms with Gasteiger partial charge in [-0.3, -0.25) is 4.79 Å². The molecule has 2 heterocycles. The van der Waals surface area contributed by atoms with Gasteiger partial charge in [-0.05, 0) is 40.6 Å². The van der Waals surface area contributed by atoms with Crippen molar-refractivity contribution in [3.8, 4) is 0 Å². The van der Waals surface area contributed by atoms with E-state index in [1.54, 1.807) is 18.2 Å². The van der Waals surface area contributed by atoms with Gasteiger partial charge in [0, 0.05) is 37.4 Å². The summed E-state index contributed by atoms with van der Waals surface area (Å²) in [4.78, 5) is 16.8. The predicted octanol–water partition coefficient (Wildman–Crippen LogP) is 2.19. The van der Waals surface area contributed by atoms with Crippen LogP contribution in [0.2, 0.25) is 0 Å². The number of hydrogen-bond donors (Lipinski definition) is 0. The Hall–Kier alpha value is -2.89. The third-order valence-corrected chi connectivity index (χ3v) is 4.19. The maximum Gasteiger partial charge on any atom is 0.254 e. The van der Waals surface area contributed by atoms with Crippen LogP contribution in [-0.2, 0) is 0 Å². The van der Waals surface area contributed by atoms with Gasteiger partial charge < -0.3 is 9.80 Å². The fraction of sp³-hybridized carbons (Fsp3) is 0.235. The molecular weight excluding hydrogens is 292 g/mol. The summed E-state index contributed by atoms with van der Waals surface area (Å²) in [5.41, 5.74) is 3.10. The third-order valence-electron chi connectivity index (χ3n) is 4.19. The molecule has 0 saturated carbocycles. The molecule has 116 valence electrons. The van der Waals surface area contributed by atoms with Gasteiger partial charge in [0.15, 0.2) is 0 Å². The van der Waals surface area contributed by atoms with E-state index < -0.39 is 0 Å². The summed E-state index contributed by atoms with van der Waals surface area (Å²) in [6.45, 7) is 3.10. The smallest absolute Gasteiger partial charge is 0.254 e. The summed E-state index contributed by atoms with van der Waals surface area (Å²) < 4.78 is 4.68. The normalized spacial score (nSPS) is 15.1. The highest BCUT2D eigenvalue weighted by molar-refractivity contribution is 5.97. The Bertz CT molecular complexity index is 823. The molecule has 1 amide bonds. The summed E-state index contributed by atoms with van der Waals surface area (Å²) in [6.07, 6.45) is 0. The third kappa shape index (κ3) is 2.63. The average molecular weight is 308 g/mol. The molecule has 1 fully saturated rings. The van der Waals surface area contributed by atoms with Crippen LogP contribution in [0.1, 0.15) is 10.4 Å². The Labute approximate surface area is 133 Å². The Morgan fingerprint density at radius 2 is 1.65 bits per heavy atom. The molecule has 6 nitrogen and oxygen atoms in total. The number of anilines is 1. The molecule has 0 spiro atoms. The quantitative estimate of drug-likeness (QED) is 0.726. The molecule has 0 atom stereocenters. The van der Waals surface area contributed by atoms with E-state index in [1.165, 1.54) is 5.69 Å². The van der Waals surface area contributed by atoms with E-state index >= 15 is 0 Å². The Kier molecular flexibility index (Phi) is 3.42. The van der Waals surface area contributed by atoms with Crippen LogP contribution >= 0.6 is 0 Å². The van der Waals surface area contributed by atoms with Gasteiger partial charge in [-0.2, -0.15) is 0 Å². The van der Waals surface area contributed by atoms with Crippen molar-refractivity contribution in [2.75, 3.05) is 31.1 Å². The monoisotopic (exact) mass is 308 g/mol. The average Bonchev–Trinajstić information content (AvgIpc) is 3.10. The topological polar surface area (TPSA) is 62.5 Å². The highest BCUT2D eigenvalue weighted by Gasteiger charge is 2.22. The molecule has 0 radical (unpaired) electrons. The molecule has 6 heteroatoms. The maximum atomic E-state index is 12.6. The zero-order valence-electron chi connectivity index (χ0n) is 12.6. The number of rotatable bonds is 2. The number of aromatic nitrogens is 2. The number of benzene rings is 2. The van der Waals surface area contributed by atoms with Crippen LogP contribution in [-0.4, -0.2) is 47.3 Å². The molecule has 23 heavy (non-hydrogen) atoms. The van der Waals surface area contributed by atoms with Crippen LogP contribution in [0, 0.1) is 0 Å². The van der Waals surface area contributed by atoms with E-state index in [9.17, 15) is 4.79 Å². The van der Waals surface area contributed by atoms with Gasteiger partial charge in [-0.25, -0.2) is 4.63 Å². The summed E-state index contributed by atoms with van der Waals surface area (Å²) in [5, 5.41) is 7.55. The molecule has 2 aromatic carbocycles. The fourth-order valence-electron chi connectivity index (χ4n) is 2.90. The minimum Gasteiger partial charge on any atom is -0.368 e. The minimum atomic E-state index is 0.0302. The van der Waals surface area contributed by atoms with Gasteiger partial charge in [0.05, 0.1) is 0 Å². The molecule has 4 rings (SSSR count). The lowest BCUT2D eigenvalue weighted by Crippen LogP contribution is -2.48. The van der Waals surface area contributed by atoms with Crippen LogP contribution in [0.25, 0.3) is 11.0 Å². The first-order valence-electron chi connectivity index (χ1n) is 7.63. The van der Waals surface area contributed by atoms with E-state index in [0.29, 0.717) is 29.7 Å². The second kappa shape index (κ2) is 5.72. The van der Waals surface area contributed by atoms with Gasteiger partial charge in [0.25, 0.3) is 5.91 Å². The lowest BCUT2D eigenvalue weighted by Gasteiger charge is -2.36. The van der Waals surface area contributed by atoms with E-state index in [1.807, 2.05) is 23.1 Å². The number of piperazine rings is 1. The molecule has 3 aromatic rings. The number of nitrogens with zero attached hydrogens (tertiary/aromatic N) is 4. The summed E-state index contributed by atoms with van der Waals surface area (Å²) in [5.74, 6) is 0.0302. The molecule has 0 bridgehead atoms. The lowest BCUT2D eigenvalue weighted by atomic mass is 10.1. The summed E-state index contributed by atoms with van der Waals surface area (Å²) >= 11 is 0. The van der Waals surface area contributed by atoms with Gasteiger partial charge in [-0.1, -0.05) is 18.2 Å². The van der Waals surface area contributed by atoms with Crippen molar-refractivity contribution in [1.82, 2.24) is 15.2 Å². The molecule has 1 aliphatic rings. The first-order valence-corrected chi connectivity index (χ1v) is 7.63. The molecule has 1 aliphatic heterocycles. The fourth-order valence-corrected chi connectivity index (χ4v) is 2.90. The van der Waals surface area contributed by atoms with Gasteiger partial charge >= 0.3 is 0 Å². The van der Waals surface area contributed by atoms with Gasteiger partial charge in [-0.15, -0.1) is 0 Å². The zero-order valence-corrected chi connectivity index (χ0v) is 12.6. The standard InChI is InChI=1S/C17H16N4O2/c22-17(13-6-7-15-16(12-13)19-23-18-15)21-10-8-20(9-11-21)14-4-2-1-3-5-14/h1-7,12H,8-11H2. The van der Waals surface area contributed by atoms with E-state index in [4.69, 9.17) is 0 Å². The highest BCUT2D eigenvalue weighted by Crippen LogP contribution is 2.18. The predicted molar refractivity (Wildman–Crippen MR) is 86.4 cm³/mol. The summed E-state index contributed by atoms with van der Waals surface area (Å²) in [7, 11) is 0. The van der Waals surface area contributed by atoms with Crippen molar-refractivity contribution in [3.63, 3.8) is 0 Å². The van der Waals surface area contributed by atoms with E-state index in [0.717, 1.165) is 13.1 Å². The van der Waals surface area contributed by atoms with Crippen molar-refractivity contribution in [1.29, 1.82) is 0 Å². The van der Waals surface area contributed by atoms with Crippen molar-refractivity contribution in [2.24, 2.45) is 0 Å². The Balaban J connectivity index is 1.46. The van der Waals surface area contributed by atoms with Crippen LogP contribution in [0.3, 0.4) is 0 Å². The van der Waals surface area contributed by atoms with Crippen LogP contribution in [0.4, 0.5) is 5.69 Å². The molecule has 0 aliphatic carbocycles. The molecule has 0 unspecified atom stereocenters. The molecule has 1 saturated heterocycles. The SMILES string of the molecule is O=C(c1ccc2nonc2c1)N1CCN(c2ccccc2)CC1. The highest BCUT2D eigenvalue weighted by atomic mass is 16.6. The van der Waals surface area contributed by atoms with Crippen molar-refractivity contribution in [2.45, 2.75) is 0 Å². The second-order valence-electron chi connectivity index (χ2n) is 5.58. The first-order chi connectivity index (χ1) is 11.3. The van der Waals surface area contributed by atoms with Crippen molar-refractivity contribution in [3.05, 3.63) is 54.1 Å². The van der Waals surface area contributed by atoms with Crippen molar-refractivity contribution >= 4 is 22.6 Å². The van der Waals surface area contributed by atoms with E-state index in [-0.39, 0.29) is 5.91 Å². The first kappa shape index (κ1) is 13.8. The number of carbonyl (C=O) groups excluding carboxylic acids is 1. The van der Waals surface area contributed by atoms with E-state index in [2.05, 4.69) is 32.0 Å². The number of hydrogen-bond acceptors (Lipinski definition) is 5. The molecular formula is C17H16N4O2. The van der Waals surface area contributed by atoms with Gasteiger partial charge in [0.1, 0.15) is 11.0 Å². The summed E-state index contributed by atoms with van der Waals surface area (Å²) in [6, 6.07) is 15.6. The maximum absolute atomic E-state index is 12.6. The lowest BCUT2D eigenvalue weighted by molar-refractivity contribution is 0.0747. The minimum absolute atomic E-state index is 0.0302. The van der Waals surface area contributed by atoms with Crippen molar-refractivity contribution < 1.29 is 9.42 Å². The Morgan fingerprint density at radius 3 is 2.43 bits per heavy atom. The van der Waals surface area contributed by atoms with Crippen LogP contribution in [0.15, 0.2) is 53.2 Å². The largest absolute Gasteiger partial charge is 0.368 e. The molecule has 1 aromatic heterocycles. The van der Waals surface area contributed by atoms with Crippen LogP contribution < -0.4 is 4.90 Å². The second-order valence-corrected chi connectivity index (χ2v) is 5.58. The number of para-hydroxylation sites is 1. The molecule has 0 N–H and O–H groups in total. The number of amides is 1. The zero-order chi connectivity index (χ0) is 15.6. The number of fused-ring (bicyclic) bond motifs is 1. The van der Waals surface area contributed by atoms with Gasteiger partial charge in [0.2, 0.25) is 0 Å². The van der Waals surface area contributed by atoms with Crippen LogP contribution in [0.5, 0.6) is 0 Å².